The highest BCUT2D eigenvalue weighted by Crippen LogP contribution is 2.29. The molecule has 1 fully saturated rings. The van der Waals surface area contributed by atoms with E-state index < -0.39 is 0 Å². The number of benzene rings is 1. The Morgan fingerprint density at radius 1 is 1.12 bits per heavy atom. The quantitative estimate of drug-likeness (QED) is 0.835. The van der Waals surface area contributed by atoms with Gasteiger partial charge in [-0.3, -0.25) is 4.79 Å². The van der Waals surface area contributed by atoms with Crippen LogP contribution in [0.2, 0.25) is 0 Å². The molecule has 0 aliphatic carbocycles. The predicted molar refractivity (Wildman–Crippen MR) is 92.8 cm³/mol. The van der Waals surface area contributed by atoms with Gasteiger partial charge in [0.05, 0.1) is 46.0 Å². The van der Waals surface area contributed by atoms with Crippen LogP contribution in [-0.2, 0) is 6.54 Å². The monoisotopic (exact) mass is 343 g/mol. The zero-order chi connectivity index (χ0) is 17.6. The number of nitrogens with one attached hydrogen (secondary N) is 2. The van der Waals surface area contributed by atoms with Crippen molar-refractivity contribution in [3.05, 3.63) is 53.9 Å². The molecule has 6 heteroatoms. The Morgan fingerprint density at radius 3 is 2.36 bits per heavy atom. The minimum absolute atomic E-state index is 0.0265. The molecule has 2 aromatic rings. The van der Waals surface area contributed by atoms with Crippen molar-refractivity contribution >= 4 is 5.91 Å². The van der Waals surface area contributed by atoms with E-state index in [0.29, 0.717) is 17.1 Å². The van der Waals surface area contributed by atoms with Crippen molar-refractivity contribution in [2.45, 2.75) is 6.54 Å². The summed E-state index contributed by atoms with van der Waals surface area (Å²) in [5.41, 5.74) is 1.79. The van der Waals surface area contributed by atoms with E-state index in [-0.39, 0.29) is 5.91 Å². The van der Waals surface area contributed by atoms with Crippen LogP contribution in [0.5, 0.6) is 11.5 Å². The normalized spacial score (nSPS) is 15.0. The molecule has 6 nitrogen and oxygen atoms in total. The number of quaternary nitrogens is 1. The van der Waals surface area contributed by atoms with Gasteiger partial charge in [-0.1, -0.05) is 6.07 Å². The number of aromatic nitrogens is 1. The first kappa shape index (κ1) is 17.2. The fraction of sp³-hybridized carbons (Fsp3) is 0.368. The average molecular weight is 343 g/mol. The lowest BCUT2D eigenvalue weighted by molar-refractivity contribution is -0.917. The van der Waals surface area contributed by atoms with Crippen LogP contribution in [-0.4, -0.2) is 51.2 Å². The van der Waals surface area contributed by atoms with Gasteiger partial charge in [-0.05, 0) is 18.2 Å². The van der Waals surface area contributed by atoms with Crippen molar-refractivity contribution in [3.63, 3.8) is 0 Å². The number of pyridine rings is 1. The van der Waals surface area contributed by atoms with Crippen molar-refractivity contribution in [3.8, 4) is 11.5 Å². The summed E-state index contributed by atoms with van der Waals surface area (Å²) < 4.78 is 10.7. The second kappa shape index (κ2) is 7.98. The molecule has 1 saturated heterocycles. The predicted octanol–water partition coefficient (Wildman–Crippen LogP) is 0.0588. The smallest absolute Gasteiger partial charge is 0.261 e. The number of ether oxygens (including phenoxy) is 2. The molecular weight excluding hydrogens is 318 g/mol. The lowest BCUT2D eigenvalue weighted by Gasteiger charge is -2.32. The van der Waals surface area contributed by atoms with Gasteiger partial charge < -0.3 is 19.3 Å². The maximum absolute atomic E-state index is 13.0. The Morgan fingerprint density at radius 2 is 1.80 bits per heavy atom. The topological polar surface area (TPSA) is 57.4 Å². The molecule has 2 N–H and O–H groups in total. The summed E-state index contributed by atoms with van der Waals surface area (Å²) in [5.74, 6) is 1.08. The minimum atomic E-state index is -0.0265. The number of hydrogen-bond donors (Lipinski definition) is 1. The van der Waals surface area contributed by atoms with E-state index in [4.69, 9.17) is 9.47 Å². The fourth-order valence-electron chi connectivity index (χ4n) is 3.25. The average Bonchev–Trinajstić information content (AvgIpc) is 2.68. The van der Waals surface area contributed by atoms with Crippen molar-refractivity contribution in [2.24, 2.45) is 0 Å². The zero-order valence-corrected chi connectivity index (χ0v) is 14.7. The van der Waals surface area contributed by atoms with Gasteiger partial charge in [0.1, 0.15) is 23.6 Å². The number of amides is 1. The van der Waals surface area contributed by atoms with Crippen molar-refractivity contribution < 1.29 is 24.2 Å². The second-order valence-corrected chi connectivity index (χ2v) is 6.17. The Balaban J connectivity index is 1.66. The number of carbonyl (C=O) groups is 1. The number of carbonyl (C=O) groups excluding carboxylic acids is 1. The summed E-state index contributed by atoms with van der Waals surface area (Å²) in [6, 6.07) is 9.56. The lowest BCUT2D eigenvalue weighted by Crippen LogP contribution is -3.13. The fourth-order valence-corrected chi connectivity index (χ4v) is 3.25. The molecule has 0 unspecified atom stereocenters. The van der Waals surface area contributed by atoms with Gasteiger partial charge in [-0.2, -0.15) is 0 Å². The van der Waals surface area contributed by atoms with Crippen molar-refractivity contribution in [1.29, 1.82) is 0 Å². The van der Waals surface area contributed by atoms with Crippen LogP contribution >= 0.6 is 0 Å². The van der Waals surface area contributed by atoms with Crippen molar-refractivity contribution in [1.82, 2.24) is 4.90 Å². The number of nitrogens with zero attached hydrogens (tertiary/aromatic N) is 1. The number of rotatable bonds is 5. The minimum Gasteiger partial charge on any atom is -0.496 e. The van der Waals surface area contributed by atoms with Gasteiger partial charge in [0.25, 0.3) is 5.91 Å². The third-order valence-corrected chi connectivity index (χ3v) is 4.63. The number of H-pyrrole nitrogens is 1. The summed E-state index contributed by atoms with van der Waals surface area (Å²) >= 11 is 0. The number of hydrogen-bond acceptors (Lipinski definition) is 3. The Labute approximate surface area is 148 Å². The number of piperazine rings is 1. The van der Waals surface area contributed by atoms with Crippen LogP contribution in [0.4, 0.5) is 0 Å². The van der Waals surface area contributed by atoms with Gasteiger partial charge >= 0.3 is 0 Å². The van der Waals surface area contributed by atoms with E-state index in [0.717, 1.165) is 32.7 Å². The van der Waals surface area contributed by atoms with E-state index in [1.807, 2.05) is 29.4 Å². The van der Waals surface area contributed by atoms with E-state index in [9.17, 15) is 4.79 Å². The van der Waals surface area contributed by atoms with Gasteiger partial charge in [-0.25, -0.2) is 4.98 Å². The molecule has 1 amide bonds. The Hall–Kier alpha value is -2.60. The molecule has 1 aromatic heterocycles. The first-order valence-corrected chi connectivity index (χ1v) is 8.51. The summed E-state index contributed by atoms with van der Waals surface area (Å²) in [4.78, 5) is 19.5. The van der Waals surface area contributed by atoms with E-state index in [1.54, 1.807) is 26.4 Å². The lowest BCUT2D eigenvalue weighted by atomic mass is 10.1. The Bertz CT molecular complexity index is 691. The zero-order valence-electron chi connectivity index (χ0n) is 14.7. The van der Waals surface area contributed by atoms with Crippen molar-refractivity contribution in [2.75, 3.05) is 40.4 Å². The third kappa shape index (κ3) is 3.91. The highest BCUT2D eigenvalue weighted by Gasteiger charge is 2.28. The molecular formula is C19H25N3O3+2. The summed E-state index contributed by atoms with van der Waals surface area (Å²) in [7, 11) is 3.15. The molecule has 1 aliphatic rings. The molecule has 132 valence electrons. The first-order chi connectivity index (χ1) is 12.2. The van der Waals surface area contributed by atoms with Crippen LogP contribution in [0.3, 0.4) is 0 Å². The van der Waals surface area contributed by atoms with Gasteiger partial charge in [-0.15, -0.1) is 0 Å². The molecule has 0 radical (unpaired) electrons. The highest BCUT2D eigenvalue weighted by atomic mass is 16.5. The third-order valence-electron chi connectivity index (χ3n) is 4.63. The summed E-state index contributed by atoms with van der Waals surface area (Å²) in [5, 5.41) is 0. The molecule has 0 saturated carbocycles. The second-order valence-electron chi connectivity index (χ2n) is 6.17. The molecule has 25 heavy (non-hydrogen) atoms. The van der Waals surface area contributed by atoms with Gasteiger partial charge in [0, 0.05) is 6.07 Å². The van der Waals surface area contributed by atoms with Crippen LogP contribution in [0.1, 0.15) is 15.9 Å². The maximum atomic E-state index is 13.0. The van der Waals surface area contributed by atoms with Crippen LogP contribution in [0.25, 0.3) is 0 Å². The van der Waals surface area contributed by atoms with Crippen LogP contribution in [0, 0.1) is 0 Å². The molecule has 1 aliphatic heterocycles. The maximum Gasteiger partial charge on any atom is 0.261 e. The van der Waals surface area contributed by atoms with E-state index in [1.165, 1.54) is 10.5 Å². The Kier molecular flexibility index (Phi) is 5.50. The van der Waals surface area contributed by atoms with Crippen LogP contribution in [0.15, 0.2) is 42.7 Å². The largest absolute Gasteiger partial charge is 0.496 e. The van der Waals surface area contributed by atoms with E-state index >= 15 is 0 Å². The first-order valence-electron chi connectivity index (χ1n) is 8.51. The summed E-state index contributed by atoms with van der Waals surface area (Å²) in [6.07, 6.45) is 3.94. The SMILES string of the molecule is COc1cccc(OC)c1C(=O)N1CC[NH+](Cc2ccc[nH+]c2)CC1. The molecule has 0 bridgehead atoms. The molecule has 1 aromatic carbocycles. The number of aromatic amines is 1. The molecule has 0 spiro atoms. The highest BCUT2D eigenvalue weighted by molar-refractivity contribution is 5.99. The van der Waals surface area contributed by atoms with Gasteiger partial charge in [0.15, 0.2) is 12.4 Å². The standard InChI is InChI=1S/C19H23N3O3/c1-24-16-6-3-7-17(25-2)18(16)19(23)22-11-9-21(10-12-22)14-15-5-4-8-20-13-15/h3-8,13H,9-12,14H2,1-2H3/p+2. The van der Waals surface area contributed by atoms with E-state index in [2.05, 4.69) is 11.1 Å². The molecule has 0 atom stereocenters. The number of methoxy groups -OCH3 is 2. The van der Waals surface area contributed by atoms with Crippen LogP contribution < -0.4 is 19.4 Å². The van der Waals surface area contributed by atoms with Gasteiger partial charge in [0.2, 0.25) is 0 Å². The molecule has 3 rings (SSSR count). The summed E-state index contributed by atoms with van der Waals surface area (Å²) in [6.45, 7) is 4.28. The molecule has 2 heterocycles.